The number of rotatable bonds is 5. The Hall–Kier alpha value is -2.50. The van der Waals surface area contributed by atoms with Crippen molar-refractivity contribution in [3.8, 4) is 11.1 Å². The van der Waals surface area contributed by atoms with Crippen LogP contribution in [0.25, 0.3) is 11.1 Å². The number of piperazine rings is 1. The average Bonchev–Trinajstić information content (AvgIpc) is 3.17. The maximum Gasteiger partial charge on any atom is 0.124 e. The zero-order valence-corrected chi connectivity index (χ0v) is 14.2. The number of benzene rings is 1. The van der Waals surface area contributed by atoms with Gasteiger partial charge in [-0.3, -0.25) is 14.8 Å². The quantitative estimate of drug-likeness (QED) is 0.717. The fraction of sp³-hybridized carbons (Fsp3) is 0.300. The number of hydrogen-bond donors (Lipinski definition) is 0. The van der Waals surface area contributed by atoms with Crippen LogP contribution in [0, 0.1) is 0 Å². The van der Waals surface area contributed by atoms with Crippen molar-refractivity contribution in [3.05, 3.63) is 72.4 Å². The van der Waals surface area contributed by atoms with E-state index in [0.29, 0.717) is 0 Å². The monoisotopic (exact) mass is 334 g/mol. The van der Waals surface area contributed by atoms with E-state index in [2.05, 4.69) is 50.3 Å². The van der Waals surface area contributed by atoms with Gasteiger partial charge >= 0.3 is 0 Å². The van der Waals surface area contributed by atoms with E-state index in [0.717, 1.165) is 45.0 Å². The van der Waals surface area contributed by atoms with Gasteiger partial charge in [0.2, 0.25) is 0 Å². The van der Waals surface area contributed by atoms with Gasteiger partial charge in [0, 0.05) is 57.7 Å². The summed E-state index contributed by atoms with van der Waals surface area (Å²) in [5, 5.41) is 4.00. The van der Waals surface area contributed by atoms with E-state index in [4.69, 9.17) is 4.52 Å². The highest BCUT2D eigenvalue weighted by atomic mass is 16.5. The second-order valence-corrected chi connectivity index (χ2v) is 6.49. The summed E-state index contributed by atoms with van der Waals surface area (Å²) in [6.45, 7) is 6.15. The van der Waals surface area contributed by atoms with Gasteiger partial charge in [-0.15, -0.1) is 0 Å². The van der Waals surface area contributed by atoms with Gasteiger partial charge in [-0.25, -0.2) is 0 Å². The molecule has 5 nitrogen and oxygen atoms in total. The minimum atomic E-state index is 0.876. The first kappa shape index (κ1) is 16.0. The number of hydrogen-bond acceptors (Lipinski definition) is 5. The molecule has 0 N–H and O–H groups in total. The average molecular weight is 334 g/mol. The van der Waals surface area contributed by atoms with Gasteiger partial charge in [0.1, 0.15) is 6.26 Å². The van der Waals surface area contributed by atoms with Crippen molar-refractivity contribution in [3.63, 3.8) is 0 Å². The predicted octanol–water partition coefficient (Wildman–Crippen LogP) is 3.05. The highest BCUT2D eigenvalue weighted by Gasteiger charge is 2.18. The van der Waals surface area contributed by atoms with E-state index >= 15 is 0 Å². The van der Waals surface area contributed by atoms with Gasteiger partial charge in [0.05, 0.1) is 5.69 Å². The summed E-state index contributed by atoms with van der Waals surface area (Å²) in [4.78, 5) is 9.16. The van der Waals surface area contributed by atoms with Crippen molar-refractivity contribution in [1.29, 1.82) is 0 Å². The lowest BCUT2D eigenvalue weighted by Crippen LogP contribution is -2.45. The molecule has 3 heterocycles. The molecule has 0 bridgehead atoms. The smallest absolute Gasteiger partial charge is 0.124 e. The molecule has 1 aliphatic heterocycles. The summed E-state index contributed by atoms with van der Waals surface area (Å²) in [5.74, 6) is 0. The topological polar surface area (TPSA) is 45.4 Å². The molecule has 0 aliphatic carbocycles. The fourth-order valence-corrected chi connectivity index (χ4v) is 3.29. The molecular weight excluding hydrogens is 312 g/mol. The van der Waals surface area contributed by atoms with Gasteiger partial charge < -0.3 is 4.52 Å². The van der Waals surface area contributed by atoms with Crippen molar-refractivity contribution in [2.45, 2.75) is 13.1 Å². The SMILES string of the molecule is c1cncc(-c2cccc(CN3CCN(Cc4ccon4)CC3)c2)c1. The first-order valence-corrected chi connectivity index (χ1v) is 8.70. The zero-order valence-electron chi connectivity index (χ0n) is 14.2. The van der Waals surface area contributed by atoms with Crippen molar-refractivity contribution < 1.29 is 4.52 Å². The Balaban J connectivity index is 1.34. The molecule has 1 aromatic carbocycles. The van der Waals surface area contributed by atoms with Crippen LogP contribution >= 0.6 is 0 Å². The zero-order chi connectivity index (χ0) is 16.9. The molecule has 25 heavy (non-hydrogen) atoms. The Morgan fingerprint density at radius 3 is 2.40 bits per heavy atom. The lowest BCUT2D eigenvalue weighted by Gasteiger charge is -2.34. The molecule has 3 aromatic rings. The molecule has 1 aliphatic rings. The van der Waals surface area contributed by atoms with Crippen molar-refractivity contribution in [2.75, 3.05) is 26.2 Å². The van der Waals surface area contributed by atoms with Crippen LogP contribution in [0.15, 0.2) is 65.6 Å². The van der Waals surface area contributed by atoms with Crippen LogP contribution in [-0.2, 0) is 13.1 Å². The molecule has 1 saturated heterocycles. The summed E-state index contributed by atoms with van der Waals surface area (Å²) in [6, 6.07) is 14.8. The molecule has 0 unspecified atom stereocenters. The van der Waals surface area contributed by atoms with Crippen LogP contribution in [0.5, 0.6) is 0 Å². The summed E-state index contributed by atoms with van der Waals surface area (Å²) in [7, 11) is 0. The molecule has 0 atom stereocenters. The summed E-state index contributed by atoms with van der Waals surface area (Å²) >= 11 is 0. The summed E-state index contributed by atoms with van der Waals surface area (Å²) in [6.07, 6.45) is 5.37. The second kappa shape index (κ2) is 7.59. The maximum atomic E-state index is 4.91. The lowest BCUT2D eigenvalue weighted by atomic mass is 10.0. The van der Waals surface area contributed by atoms with E-state index < -0.39 is 0 Å². The molecular formula is C20H22N4O. The van der Waals surface area contributed by atoms with Crippen molar-refractivity contribution in [1.82, 2.24) is 19.9 Å². The Morgan fingerprint density at radius 1 is 0.880 bits per heavy atom. The van der Waals surface area contributed by atoms with Gasteiger partial charge in [0.15, 0.2) is 0 Å². The van der Waals surface area contributed by atoms with Gasteiger partial charge in [-0.1, -0.05) is 29.4 Å². The molecule has 2 aromatic heterocycles. The highest BCUT2D eigenvalue weighted by Crippen LogP contribution is 2.20. The molecule has 0 amide bonds. The molecule has 0 radical (unpaired) electrons. The Kier molecular flexibility index (Phi) is 4.86. The van der Waals surface area contributed by atoms with Crippen molar-refractivity contribution >= 4 is 0 Å². The molecule has 1 fully saturated rings. The van der Waals surface area contributed by atoms with Crippen LogP contribution in [0.1, 0.15) is 11.3 Å². The maximum absolute atomic E-state index is 4.91. The van der Waals surface area contributed by atoms with Crippen LogP contribution in [0.3, 0.4) is 0 Å². The van der Waals surface area contributed by atoms with Crippen LogP contribution in [-0.4, -0.2) is 46.1 Å². The molecule has 5 heteroatoms. The van der Waals surface area contributed by atoms with Crippen molar-refractivity contribution in [2.24, 2.45) is 0 Å². The normalized spacial score (nSPS) is 16.2. The molecule has 128 valence electrons. The van der Waals surface area contributed by atoms with Crippen LogP contribution < -0.4 is 0 Å². The third-order valence-electron chi connectivity index (χ3n) is 4.67. The molecule has 0 saturated carbocycles. The predicted molar refractivity (Wildman–Crippen MR) is 96.7 cm³/mol. The minimum absolute atomic E-state index is 0.876. The van der Waals surface area contributed by atoms with E-state index in [-0.39, 0.29) is 0 Å². The molecule has 0 spiro atoms. The lowest BCUT2D eigenvalue weighted by molar-refractivity contribution is 0.120. The summed E-state index contributed by atoms with van der Waals surface area (Å²) in [5.41, 5.74) is 4.76. The van der Waals surface area contributed by atoms with E-state index in [1.165, 1.54) is 16.7 Å². The number of aromatic nitrogens is 2. The highest BCUT2D eigenvalue weighted by molar-refractivity contribution is 5.62. The Bertz CT molecular complexity index is 780. The fourth-order valence-electron chi connectivity index (χ4n) is 3.29. The van der Waals surface area contributed by atoms with E-state index in [1.54, 1.807) is 6.26 Å². The van der Waals surface area contributed by atoms with Gasteiger partial charge in [0.25, 0.3) is 0 Å². The second-order valence-electron chi connectivity index (χ2n) is 6.49. The summed E-state index contributed by atoms with van der Waals surface area (Å²) < 4.78 is 4.91. The Labute approximate surface area is 147 Å². The largest absolute Gasteiger partial charge is 0.364 e. The number of pyridine rings is 1. The third-order valence-corrected chi connectivity index (χ3v) is 4.67. The Morgan fingerprint density at radius 2 is 1.68 bits per heavy atom. The standard InChI is InChI=1S/C20H22N4O/c1-3-17(13-18(4-1)19-5-2-7-21-14-19)15-23-8-10-24(11-9-23)16-20-6-12-25-22-20/h1-7,12-14H,8-11,15-16H2. The van der Waals surface area contributed by atoms with Gasteiger partial charge in [-0.2, -0.15) is 0 Å². The first-order chi connectivity index (χ1) is 12.4. The first-order valence-electron chi connectivity index (χ1n) is 8.70. The van der Waals surface area contributed by atoms with Crippen LogP contribution in [0.2, 0.25) is 0 Å². The van der Waals surface area contributed by atoms with Crippen LogP contribution in [0.4, 0.5) is 0 Å². The number of nitrogens with zero attached hydrogens (tertiary/aromatic N) is 4. The minimum Gasteiger partial charge on any atom is -0.364 e. The molecule has 4 rings (SSSR count). The van der Waals surface area contributed by atoms with E-state index in [9.17, 15) is 0 Å². The third kappa shape index (κ3) is 4.13. The van der Waals surface area contributed by atoms with Gasteiger partial charge in [-0.05, 0) is 28.8 Å². The van der Waals surface area contributed by atoms with E-state index in [1.807, 2.05) is 24.5 Å².